The predicted molar refractivity (Wildman–Crippen MR) is 121 cm³/mol. The van der Waals surface area contributed by atoms with Gasteiger partial charge in [-0.3, -0.25) is 4.79 Å². The van der Waals surface area contributed by atoms with Gasteiger partial charge in [0.2, 0.25) is 0 Å². The summed E-state index contributed by atoms with van der Waals surface area (Å²) in [5, 5.41) is 18.6. The summed E-state index contributed by atoms with van der Waals surface area (Å²) >= 11 is 1.62. The molecule has 0 unspecified atom stereocenters. The molecule has 0 aliphatic carbocycles. The van der Waals surface area contributed by atoms with Crippen LogP contribution in [0.15, 0.2) is 53.9 Å². The van der Waals surface area contributed by atoms with Crippen LogP contribution in [0.3, 0.4) is 0 Å². The first kappa shape index (κ1) is 21.8. The van der Waals surface area contributed by atoms with Gasteiger partial charge >= 0.3 is 0 Å². The highest BCUT2D eigenvalue weighted by Gasteiger charge is 2.32. The quantitative estimate of drug-likeness (QED) is 0.567. The number of nitriles is 1. The Kier molecular flexibility index (Phi) is 6.71. The van der Waals surface area contributed by atoms with Gasteiger partial charge < -0.3 is 9.64 Å². The van der Waals surface area contributed by atoms with Crippen molar-refractivity contribution in [2.24, 2.45) is 0 Å². The van der Waals surface area contributed by atoms with Crippen LogP contribution in [0.5, 0.6) is 5.75 Å². The molecule has 0 saturated carbocycles. The lowest BCUT2D eigenvalue weighted by atomic mass is 10.0. The second-order valence-corrected chi connectivity index (χ2v) is 8.87. The van der Waals surface area contributed by atoms with Crippen molar-refractivity contribution in [1.29, 1.82) is 5.26 Å². The highest BCUT2D eigenvalue weighted by molar-refractivity contribution is 7.99. The van der Waals surface area contributed by atoms with E-state index in [4.69, 9.17) is 10.00 Å². The van der Waals surface area contributed by atoms with Crippen molar-refractivity contribution in [3.63, 3.8) is 0 Å². The third kappa shape index (κ3) is 4.75. The van der Waals surface area contributed by atoms with Crippen molar-refractivity contribution in [2.45, 2.75) is 43.0 Å². The second-order valence-electron chi connectivity index (χ2n) is 7.55. The lowest BCUT2D eigenvalue weighted by molar-refractivity contribution is 0.0641. The van der Waals surface area contributed by atoms with Gasteiger partial charge in [-0.05, 0) is 51.0 Å². The minimum absolute atomic E-state index is 0.0584. The lowest BCUT2D eigenvalue weighted by Crippen LogP contribution is -2.46. The monoisotopic (exact) mass is 448 g/mol. The minimum atomic E-state index is -0.0584. The van der Waals surface area contributed by atoms with Crippen LogP contribution in [0, 0.1) is 11.3 Å². The van der Waals surface area contributed by atoms with Crippen LogP contribution in [0.25, 0.3) is 5.69 Å². The van der Waals surface area contributed by atoms with Crippen molar-refractivity contribution in [3.8, 4) is 17.5 Å². The Bertz CT molecular complexity index is 1130. The topological polar surface area (TPSA) is 96.9 Å². The van der Waals surface area contributed by atoms with E-state index >= 15 is 0 Å². The lowest BCUT2D eigenvalue weighted by Gasteiger charge is -2.38. The summed E-state index contributed by atoms with van der Waals surface area (Å²) in [5.41, 5.74) is 1.72. The Labute approximate surface area is 191 Å². The third-order valence-electron chi connectivity index (χ3n) is 5.40. The number of rotatable bonds is 6. The number of benzene rings is 1. The average molecular weight is 449 g/mol. The number of thioether (sulfide) groups is 1. The van der Waals surface area contributed by atoms with Crippen LogP contribution in [0.1, 0.15) is 42.6 Å². The fourth-order valence-corrected chi connectivity index (χ4v) is 4.92. The zero-order chi connectivity index (χ0) is 22.5. The molecule has 1 aliphatic rings. The van der Waals surface area contributed by atoms with Crippen molar-refractivity contribution in [3.05, 3.63) is 60.0 Å². The first-order valence-electron chi connectivity index (χ1n) is 10.6. The highest BCUT2D eigenvalue weighted by atomic mass is 32.2. The van der Waals surface area contributed by atoms with E-state index in [1.807, 2.05) is 17.9 Å². The molecule has 3 heterocycles. The number of carbonyl (C=O) groups excluding carboxylic acids is 1. The summed E-state index contributed by atoms with van der Waals surface area (Å²) in [6.45, 7) is 5.12. The molecule has 1 fully saturated rings. The summed E-state index contributed by atoms with van der Waals surface area (Å²) in [4.78, 5) is 21.4. The number of amides is 1. The maximum atomic E-state index is 13.6. The maximum absolute atomic E-state index is 13.6. The number of piperidine rings is 1. The maximum Gasteiger partial charge on any atom is 0.256 e. The molecule has 8 nitrogen and oxygen atoms in total. The Morgan fingerprint density at radius 1 is 1.22 bits per heavy atom. The minimum Gasteiger partial charge on any atom is -0.494 e. The van der Waals surface area contributed by atoms with E-state index in [2.05, 4.69) is 28.2 Å². The van der Waals surface area contributed by atoms with Gasteiger partial charge in [0.25, 0.3) is 5.91 Å². The molecule has 1 saturated heterocycles. The van der Waals surface area contributed by atoms with Crippen LogP contribution >= 0.6 is 11.8 Å². The molecular formula is C23H24N6O2S. The molecule has 4 rings (SSSR count). The van der Waals surface area contributed by atoms with Crippen LogP contribution < -0.4 is 4.74 Å². The standard InChI is InChI=1S/C23H24N6O2S/c1-3-31-18-5-7-20(21(13-18)29-26-10-11-27-29)23(30)28-15-19(6-4-16(28)2)32-22-12-17(14-24)8-9-25-22/h5,7-13,16,19H,3-4,6,15H2,1-2H3/t16-,19-/m1/s1. The summed E-state index contributed by atoms with van der Waals surface area (Å²) in [6, 6.07) is 11.1. The number of pyridine rings is 1. The zero-order valence-electron chi connectivity index (χ0n) is 18.0. The van der Waals surface area contributed by atoms with E-state index in [0.717, 1.165) is 17.9 Å². The second kappa shape index (κ2) is 9.83. The Morgan fingerprint density at radius 3 is 2.78 bits per heavy atom. The van der Waals surface area contributed by atoms with Gasteiger partial charge in [0.15, 0.2) is 0 Å². The molecule has 2 atom stereocenters. The Balaban J connectivity index is 1.58. The molecule has 1 aliphatic heterocycles. The van der Waals surface area contributed by atoms with Gasteiger partial charge in [0.1, 0.15) is 11.4 Å². The highest BCUT2D eigenvalue weighted by Crippen LogP contribution is 2.32. The van der Waals surface area contributed by atoms with E-state index in [9.17, 15) is 4.79 Å². The van der Waals surface area contributed by atoms with E-state index in [0.29, 0.717) is 35.7 Å². The largest absolute Gasteiger partial charge is 0.494 e. The molecular weight excluding hydrogens is 424 g/mol. The van der Waals surface area contributed by atoms with Crippen molar-refractivity contribution >= 4 is 17.7 Å². The smallest absolute Gasteiger partial charge is 0.256 e. The van der Waals surface area contributed by atoms with Crippen LogP contribution in [0.4, 0.5) is 0 Å². The molecule has 0 N–H and O–H groups in total. The number of carbonyl (C=O) groups is 1. The Morgan fingerprint density at radius 2 is 2.03 bits per heavy atom. The number of likely N-dealkylation sites (tertiary alicyclic amines) is 1. The number of hydrogen-bond acceptors (Lipinski definition) is 7. The van der Waals surface area contributed by atoms with Gasteiger partial charge in [-0.1, -0.05) is 0 Å². The number of nitrogens with zero attached hydrogens (tertiary/aromatic N) is 6. The first-order chi connectivity index (χ1) is 15.6. The molecule has 3 aromatic rings. The molecule has 164 valence electrons. The third-order valence-corrected chi connectivity index (χ3v) is 6.58. The van der Waals surface area contributed by atoms with E-state index < -0.39 is 0 Å². The summed E-state index contributed by atoms with van der Waals surface area (Å²) in [5.74, 6) is 0.608. The normalized spacial score (nSPS) is 18.2. The van der Waals surface area contributed by atoms with Crippen LogP contribution in [0.2, 0.25) is 0 Å². The predicted octanol–water partition coefficient (Wildman–Crippen LogP) is 3.72. The average Bonchev–Trinajstić information content (AvgIpc) is 3.35. The number of aromatic nitrogens is 4. The number of ether oxygens (including phenoxy) is 1. The van der Waals surface area contributed by atoms with Gasteiger partial charge in [0, 0.05) is 30.1 Å². The van der Waals surface area contributed by atoms with E-state index in [-0.39, 0.29) is 17.2 Å². The van der Waals surface area contributed by atoms with Gasteiger partial charge in [0.05, 0.1) is 41.2 Å². The molecule has 32 heavy (non-hydrogen) atoms. The Hall–Kier alpha value is -3.38. The fourth-order valence-electron chi connectivity index (χ4n) is 3.78. The molecule has 9 heteroatoms. The first-order valence-corrected chi connectivity index (χ1v) is 11.4. The van der Waals surface area contributed by atoms with Gasteiger partial charge in [-0.25, -0.2) is 4.98 Å². The fraction of sp³-hybridized carbons (Fsp3) is 0.348. The SMILES string of the molecule is CCOc1ccc(C(=O)N2C[C@H](Sc3cc(C#N)ccn3)CC[C@H]2C)c(-n2nccn2)c1. The molecule has 0 radical (unpaired) electrons. The number of hydrogen-bond donors (Lipinski definition) is 0. The zero-order valence-corrected chi connectivity index (χ0v) is 18.8. The van der Waals surface area contributed by atoms with Crippen molar-refractivity contribution in [1.82, 2.24) is 24.9 Å². The van der Waals surface area contributed by atoms with Crippen LogP contribution in [-0.4, -0.2) is 55.2 Å². The van der Waals surface area contributed by atoms with E-state index in [1.165, 1.54) is 4.80 Å². The van der Waals surface area contributed by atoms with Crippen molar-refractivity contribution in [2.75, 3.05) is 13.2 Å². The molecule has 1 aromatic carbocycles. The molecule has 0 bridgehead atoms. The summed E-state index contributed by atoms with van der Waals surface area (Å²) < 4.78 is 5.62. The van der Waals surface area contributed by atoms with Crippen LogP contribution in [-0.2, 0) is 0 Å². The van der Waals surface area contributed by atoms with E-state index in [1.54, 1.807) is 54.6 Å². The van der Waals surface area contributed by atoms with Gasteiger partial charge in [-0.2, -0.15) is 20.3 Å². The van der Waals surface area contributed by atoms with Gasteiger partial charge in [-0.15, -0.1) is 11.8 Å². The molecule has 1 amide bonds. The molecule has 2 aromatic heterocycles. The molecule has 0 spiro atoms. The summed E-state index contributed by atoms with van der Waals surface area (Å²) in [7, 11) is 0. The summed E-state index contributed by atoms with van der Waals surface area (Å²) in [6.07, 6.45) is 6.69. The van der Waals surface area contributed by atoms with Crippen molar-refractivity contribution < 1.29 is 9.53 Å².